The summed E-state index contributed by atoms with van der Waals surface area (Å²) in [5.41, 5.74) is 0. The van der Waals surface area contributed by atoms with Crippen molar-refractivity contribution in [1.82, 2.24) is 0 Å². The van der Waals surface area contributed by atoms with Crippen molar-refractivity contribution >= 4 is 33.2 Å². The molecule has 5 heteroatoms. The molecule has 0 aliphatic heterocycles. The second-order valence-corrected chi connectivity index (χ2v) is 14.8. The summed E-state index contributed by atoms with van der Waals surface area (Å²) in [6.45, 7) is 1.30. The average Bonchev–Trinajstić information content (AvgIpc) is 1.69. The third kappa shape index (κ3) is 27.7. The number of esters is 1. The number of rotatable bonds is 0. The molecule has 0 rings (SSSR count). The molecule has 0 bridgehead atoms. The first kappa shape index (κ1) is 11.8. The predicted octanol–water partition coefficient (Wildman–Crippen LogP) is 2.03. The number of hydrogen-bond acceptors (Lipinski definition) is 2. The first-order chi connectivity index (χ1) is 3.68. The molecular weight excluding hydrogens is 293 g/mol. The van der Waals surface area contributed by atoms with E-state index in [0.717, 1.165) is 0 Å². The number of hydrogen-bond donors (Lipinski definition) is 0. The van der Waals surface area contributed by atoms with E-state index in [9.17, 15) is 4.79 Å². The summed E-state index contributed by atoms with van der Waals surface area (Å²) in [6.07, 6.45) is 0. The predicted molar refractivity (Wildman–Crippen MR) is 35.0 cm³/mol. The summed E-state index contributed by atoms with van der Waals surface area (Å²) in [6, 6.07) is 0. The standard InChI is InChI=1S/C3H5O2.2BrH.Zn/c1-3(4)5-2;;;/h2H2,1H3;2*1H;/q;;;+2/p-2. The van der Waals surface area contributed by atoms with Gasteiger partial charge in [0, 0.05) is 6.92 Å². The molecule has 0 unspecified atom stereocenters. The molecule has 0 saturated carbocycles. The van der Waals surface area contributed by atoms with Gasteiger partial charge < -0.3 is 4.74 Å². The summed E-state index contributed by atoms with van der Waals surface area (Å²) in [5.74, 6) is -0.356. The Balaban J connectivity index is 0. The van der Waals surface area contributed by atoms with Crippen LogP contribution in [0.1, 0.15) is 6.92 Å². The van der Waals surface area contributed by atoms with Crippen LogP contribution in [0.15, 0.2) is 0 Å². The van der Waals surface area contributed by atoms with E-state index in [1.54, 1.807) is 0 Å². The minimum atomic E-state index is -0.356. The molecule has 0 amide bonds. The summed E-state index contributed by atoms with van der Waals surface area (Å²) < 4.78 is 3.86. The summed E-state index contributed by atoms with van der Waals surface area (Å²) in [4.78, 5) is 9.53. The van der Waals surface area contributed by atoms with E-state index in [1.165, 1.54) is 6.92 Å². The van der Waals surface area contributed by atoms with Gasteiger partial charge >= 0.3 is 46.4 Å². The Kier molecular flexibility index (Phi) is 16.1. The SMILES string of the molecule is [Br][Zn][Br].[CH2]OC(C)=O. The number of carbonyl (C=O) groups is 1. The molecule has 45 valence electrons. The van der Waals surface area contributed by atoms with Gasteiger partial charge in [-0.1, -0.05) is 0 Å². The molecule has 0 atom stereocenters. The quantitative estimate of drug-likeness (QED) is 0.505. The molecule has 0 spiro atoms. The molecule has 0 aromatic rings. The second-order valence-electron chi connectivity index (χ2n) is 0.737. The second kappa shape index (κ2) is 10.9. The van der Waals surface area contributed by atoms with E-state index in [4.69, 9.17) is 0 Å². The van der Waals surface area contributed by atoms with E-state index < -0.39 is 0 Å². The van der Waals surface area contributed by atoms with Gasteiger partial charge in [0.05, 0.1) is 0 Å². The fourth-order valence-corrected chi connectivity index (χ4v) is 0. The van der Waals surface area contributed by atoms with E-state index in [1.807, 2.05) is 0 Å². The molecule has 1 radical (unpaired) electrons. The fraction of sp³-hybridized carbons (Fsp3) is 0.333. The van der Waals surface area contributed by atoms with Gasteiger partial charge in [-0.15, -0.1) is 0 Å². The van der Waals surface area contributed by atoms with Crippen molar-refractivity contribution in [2.24, 2.45) is 0 Å². The zero-order valence-electron chi connectivity index (χ0n) is 4.49. The van der Waals surface area contributed by atoms with Crippen molar-refractivity contribution in [2.75, 3.05) is 0 Å². The minimum absolute atomic E-state index is 0.250. The topological polar surface area (TPSA) is 26.3 Å². The van der Waals surface area contributed by atoms with Crippen LogP contribution in [-0.4, -0.2) is 5.97 Å². The summed E-state index contributed by atoms with van der Waals surface area (Å²) in [5, 5.41) is 0. The smallest absolute Gasteiger partial charge is 0.302 e. The van der Waals surface area contributed by atoms with Crippen LogP contribution >= 0.6 is 27.2 Å². The molecule has 8 heavy (non-hydrogen) atoms. The normalized spacial score (nSPS) is 5.50. The monoisotopic (exact) mass is 295 g/mol. The summed E-state index contributed by atoms with van der Waals surface area (Å²) in [7, 11) is 2.84. The Bertz CT molecular complexity index is 59.2. The van der Waals surface area contributed by atoms with Crippen LogP contribution in [-0.2, 0) is 22.7 Å². The van der Waals surface area contributed by atoms with Crippen LogP contribution in [0.3, 0.4) is 0 Å². The van der Waals surface area contributed by atoms with E-state index in [0.29, 0.717) is 0 Å². The Morgan fingerprint density at radius 2 is 1.88 bits per heavy atom. The van der Waals surface area contributed by atoms with Crippen molar-refractivity contribution in [2.45, 2.75) is 6.92 Å². The summed E-state index contributed by atoms with van der Waals surface area (Å²) >= 11 is 6.25. The van der Waals surface area contributed by atoms with E-state index in [-0.39, 0.29) is 19.2 Å². The molecule has 2 nitrogen and oxygen atoms in total. The number of ether oxygens (including phenoxy) is 1. The number of halogens is 2. The maximum absolute atomic E-state index is 9.53. The fourth-order valence-electron chi connectivity index (χ4n) is 0. The maximum atomic E-state index is 9.53. The Morgan fingerprint density at radius 3 is 1.88 bits per heavy atom. The van der Waals surface area contributed by atoms with Crippen LogP contribution in [0.4, 0.5) is 0 Å². The molecular formula is C3H5Br2O2Zn. The maximum Gasteiger partial charge on any atom is 0.302 e. The zero-order chi connectivity index (χ0) is 6.99. The molecule has 0 saturated heterocycles. The molecule has 0 aromatic carbocycles. The van der Waals surface area contributed by atoms with Gasteiger partial charge in [-0.25, -0.2) is 0 Å². The third-order valence-corrected chi connectivity index (χ3v) is 0.203. The molecule has 0 aliphatic rings. The van der Waals surface area contributed by atoms with Crippen LogP contribution in [0.5, 0.6) is 0 Å². The Morgan fingerprint density at radius 1 is 1.75 bits per heavy atom. The van der Waals surface area contributed by atoms with Gasteiger partial charge in [0.15, 0.2) is 0 Å². The first-order valence-electron chi connectivity index (χ1n) is 1.73. The van der Waals surface area contributed by atoms with Crippen LogP contribution in [0, 0.1) is 7.11 Å². The molecule has 0 N–H and O–H groups in total. The van der Waals surface area contributed by atoms with Crippen molar-refractivity contribution in [1.29, 1.82) is 0 Å². The van der Waals surface area contributed by atoms with E-state index in [2.05, 4.69) is 39.1 Å². The Labute approximate surface area is 69.7 Å². The van der Waals surface area contributed by atoms with Gasteiger partial charge in [0.25, 0.3) is 0 Å². The third-order valence-electron chi connectivity index (χ3n) is 0.203. The van der Waals surface area contributed by atoms with Gasteiger partial charge in [-0.3, -0.25) is 4.79 Å². The minimum Gasteiger partial charge on any atom is -0.462 e. The molecule has 0 heterocycles. The van der Waals surface area contributed by atoms with E-state index >= 15 is 0 Å². The van der Waals surface area contributed by atoms with Gasteiger partial charge in [-0.2, -0.15) is 0 Å². The average molecular weight is 298 g/mol. The number of carbonyl (C=O) groups excluding carboxylic acids is 1. The van der Waals surface area contributed by atoms with Crippen LogP contribution in [0.2, 0.25) is 0 Å². The molecule has 0 aromatic heterocycles. The van der Waals surface area contributed by atoms with Crippen molar-refractivity contribution in [3.63, 3.8) is 0 Å². The Hall–Kier alpha value is 1.05. The zero-order valence-corrected chi connectivity index (χ0v) is 10.6. The van der Waals surface area contributed by atoms with Crippen LogP contribution < -0.4 is 0 Å². The molecule has 0 fully saturated rings. The van der Waals surface area contributed by atoms with Gasteiger partial charge in [0.1, 0.15) is 7.11 Å². The van der Waals surface area contributed by atoms with Crippen LogP contribution in [0.25, 0.3) is 0 Å². The largest absolute Gasteiger partial charge is 0.462 e. The first-order valence-corrected chi connectivity index (χ1v) is 15.6. The van der Waals surface area contributed by atoms with Crippen molar-refractivity contribution in [3.05, 3.63) is 7.11 Å². The van der Waals surface area contributed by atoms with Crippen molar-refractivity contribution in [3.8, 4) is 0 Å². The van der Waals surface area contributed by atoms with Gasteiger partial charge in [0.2, 0.25) is 0 Å². The van der Waals surface area contributed by atoms with Gasteiger partial charge in [-0.05, 0) is 0 Å². The molecule has 0 aliphatic carbocycles. The van der Waals surface area contributed by atoms with Crippen molar-refractivity contribution < 1.29 is 22.7 Å².